The molecule has 4 rings (SSSR count). The molecular formula is C21H26N4S. The van der Waals surface area contributed by atoms with Crippen molar-refractivity contribution >= 4 is 11.3 Å². The number of likely N-dealkylation sites (tertiary alicyclic amines) is 1. The SMILES string of the molecule is CCN1CCCC1CNCc1cn(-c2ccccc2)nc1-c1cccs1. The number of para-hydroxylation sites is 1. The number of benzene rings is 1. The predicted octanol–water partition coefficient (Wildman–Crippen LogP) is 4.17. The largest absolute Gasteiger partial charge is 0.311 e. The summed E-state index contributed by atoms with van der Waals surface area (Å²) in [6.45, 7) is 6.56. The highest BCUT2D eigenvalue weighted by molar-refractivity contribution is 7.13. The fourth-order valence-electron chi connectivity index (χ4n) is 3.79. The number of hydrogen-bond donors (Lipinski definition) is 1. The van der Waals surface area contributed by atoms with Crippen LogP contribution in [-0.2, 0) is 6.54 Å². The lowest BCUT2D eigenvalue weighted by molar-refractivity contribution is 0.260. The van der Waals surface area contributed by atoms with E-state index in [-0.39, 0.29) is 0 Å². The van der Waals surface area contributed by atoms with E-state index in [4.69, 9.17) is 5.10 Å². The van der Waals surface area contributed by atoms with Crippen molar-refractivity contribution in [3.63, 3.8) is 0 Å². The normalized spacial score (nSPS) is 17.8. The second-order valence-electron chi connectivity index (χ2n) is 6.82. The minimum Gasteiger partial charge on any atom is -0.311 e. The zero-order valence-electron chi connectivity index (χ0n) is 15.3. The molecule has 0 bridgehead atoms. The maximum absolute atomic E-state index is 4.88. The molecule has 5 heteroatoms. The molecule has 4 nitrogen and oxygen atoms in total. The van der Waals surface area contributed by atoms with E-state index in [1.807, 2.05) is 10.7 Å². The maximum atomic E-state index is 4.88. The summed E-state index contributed by atoms with van der Waals surface area (Å²) < 4.78 is 2.00. The van der Waals surface area contributed by atoms with Gasteiger partial charge in [-0.05, 0) is 49.5 Å². The fourth-order valence-corrected chi connectivity index (χ4v) is 4.53. The van der Waals surface area contributed by atoms with Crippen molar-refractivity contribution in [2.45, 2.75) is 32.4 Å². The van der Waals surface area contributed by atoms with Crippen molar-refractivity contribution in [3.8, 4) is 16.3 Å². The number of nitrogens with one attached hydrogen (secondary N) is 1. The minimum atomic E-state index is 0.675. The lowest BCUT2D eigenvalue weighted by Gasteiger charge is -2.22. The highest BCUT2D eigenvalue weighted by Gasteiger charge is 2.22. The Balaban J connectivity index is 1.51. The fraction of sp³-hybridized carbons (Fsp3) is 0.381. The van der Waals surface area contributed by atoms with Gasteiger partial charge in [0.1, 0.15) is 5.69 Å². The van der Waals surface area contributed by atoms with Crippen molar-refractivity contribution < 1.29 is 0 Å². The quantitative estimate of drug-likeness (QED) is 0.681. The van der Waals surface area contributed by atoms with Crippen LogP contribution in [0.1, 0.15) is 25.3 Å². The Hall–Kier alpha value is -1.95. The number of nitrogens with zero attached hydrogens (tertiary/aromatic N) is 3. The van der Waals surface area contributed by atoms with Crippen molar-refractivity contribution in [1.82, 2.24) is 20.0 Å². The van der Waals surface area contributed by atoms with Gasteiger partial charge in [0, 0.05) is 30.9 Å². The number of likely N-dealkylation sites (N-methyl/N-ethyl adjacent to an activating group) is 1. The molecule has 26 heavy (non-hydrogen) atoms. The molecule has 1 N–H and O–H groups in total. The van der Waals surface area contributed by atoms with Crippen LogP contribution in [0.4, 0.5) is 0 Å². The summed E-state index contributed by atoms with van der Waals surface area (Å²) in [5.74, 6) is 0. The van der Waals surface area contributed by atoms with Gasteiger partial charge in [0.25, 0.3) is 0 Å². The van der Waals surface area contributed by atoms with Gasteiger partial charge in [0.05, 0.1) is 10.6 Å². The van der Waals surface area contributed by atoms with Crippen molar-refractivity contribution in [1.29, 1.82) is 0 Å². The maximum Gasteiger partial charge on any atom is 0.107 e. The Labute approximate surface area is 159 Å². The van der Waals surface area contributed by atoms with E-state index in [9.17, 15) is 0 Å². The molecule has 136 valence electrons. The Bertz CT molecular complexity index is 810. The lowest BCUT2D eigenvalue weighted by Crippen LogP contribution is -2.37. The topological polar surface area (TPSA) is 33.1 Å². The molecule has 0 spiro atoms. The number of thiophene rings is 1. The molecule has 1 unspecified atom stereocenters. The highest BCUT2D eigenvalue weighted by Crippen LogP contribution is 2.28. The molecule has 2 aromatic heterocycles. The zero-order valence-corrected chi connectivity index (χ0v) is 16.1. The van der Waals surface area contributed by atoms with Gasteiger partial charge < -0.3 is 5.32 Å². The van der Waals surface area contributed by atoms with Crippen LogP contribution in [0.2, 0.25) is 0 Å². The molecule has 1 aromatic carbocycles. The van der Waals surface area contributed by atoms with E-state index < -0.39 is 0 Å². The number of aromatic nitrogens is 2. The average molecular weight is 367 g/mol. The van der Waals surface area contributed by atoms with Gasteiger partial charge in [-0.1, -0.05) is 31.2 Å². The molecule has 3 heterocycles. The van der Waals surface area contributed by atoms with Crippen LogP contribution in [0.15, 0.2) is 54.0 Å². The molecular weight excluding hydrogens is 340 g/mol. The van der Waals surface area contributed by atoms with Gasteiger partial charge in [0.2, 0.25) is 0 Å². The number of hydrogen-bond acceptors (Lipinski definition) is 4. The molecule has 3 aromatic rings. The van der Waals surface area contributed by atoms with Gasteiger partial charge in [-0.15, -0.1) is 11.3 Å². The Morgan fingerprint density at radius 2 is 2.08 bits per heavy atom. The molecule has 0 saturated carbocycles. The van der Waals surface area contributed by atoms with Gasteiger partial charge in [-0.25, -0.2) is 4.68 Å². The van der Waals surface area contributed by atoms with Gasteiger partial charge in [-0.3, -0.25) is 4.90 Å². The van der Waals surface area contributed by atoms with Crippen LogP contribution in [0.5, 0.6) is 0 Å². The first-order chi connectivity index (χ1) is 12.8. The molecule has 0 radical (unpaired) electrons. The first-order valence-corrected chi connectivity index (χ1v) is 10.4. The molecule has 1 fully saturated rings. The van der Waals surface area contributed by atoms with Crippen molar-refractivity contribution in [3.05, 3.63) is 59.6 Å². The van der Waals surface area contributed by atoms with E-state index in [1.54, 1.807) is 11.3 Å². The van der Waals surface area contributed by atoms with Crippen molar-refractivity contribution in [2.75, 3.05) is 19.6 Å². The van der Waals surface area contributed by atoms with Crippen LogP contribution in [0, 0.1) is 0 Å². The Morgan fingerprint density at radius 3 is 2.85 bits per heavy atom. The van der Waals surface area contributed by atoms with E-state index in [1.165, 1.54) is 29.8 Å². The summed E-state index contributed by atoms with van der Waals surface area (Å²) >= 11 is 1.75. The first-order valence-electron chi connectivity index (χ1n) is 9.47. The molecule has 1 saturated heterocycles. The van der Waals surface area contributed by atoms with Gasteiger partial charge in [0.15, 0.2) is 0 Å². The molecule has 1 atom stereocenters. The standard InChI is InChI=1S/C21H26N4S/c1-2-24-12-6-10-19(24)15-22-14-17-16-25(18-8-4-3-5-9-18)23-21(17)20-11-7-13-26-20/h3-5,7-9,11,13,16,19,22H,2,6,10,12,14-15H2,1H3. The second kappa shape index (κ2) is 8.16. The van der Waals surface area contributed by atoms with Crippen LogP contribution in [0.25, 0.3) is 16.3 Å². The summed E-state index contributed by atoms with van der Waals surface area (Å²) in [6, 6.07) is 15.3. The van der Waals surface area contributed by atoms with E-state index >= 15 is 0 Å². The average Bonchev–Trinajstić information content (AvgIpc) is 3.43. The van der Waals surface area contributed by atoms with E-state index in [2.05, 4.69) is 65.1 Å². The van der Waals surface area contributed by atoms with Crippen LogP contribution < -0.4 is 5.32 Å². The van der Waals surface area contributed by atoms with Crippen LogP contribution in [0.3, 0.4) is 0 Å². The van der Waals surface area contributed by atoms with Crippen LogP contribution in [-0.4, -0.2) is 40.4 Å². The summed E-state index contributed by atoms with van der Waals surface area (Å²) in [4.78, 5) is 3.81. The molecule has 1 aliphatic heterocycles. The minimum absolute atomic E-state index is 0.675. The third kappa shape index (κ3) is 3.75. The lowest BCUT2D eigenvalue weighted by atomic mass is 10.2. The summed E-state index contributed by atoms with van der Waals surface area (Å²) in [6.07, 6.45) is 4.80. The Kier molecular flexibility index (Phi) is 5.48. The number of rotatable bonds is 7. The molecule has 1 aliphatic rings. The summed E-state index contributed by atoms with van der Waals surface area (Å²) in [5.41, 5.74) is 3.46. The third-order valence-electron chi connectivity index (χ3n) is 5.17. The summed E-state index contributed by atoms with van der Waals surface area (Å²) in [5, 5.41) is 10.7. The molecule has 0 amide bonds. The van der Waals surface area contributed by atoms with Gasteiger partial charge >= 0.3 is 0 Å². The Morgan fingerprint density at radius 1 is 1.19 bits per heavy atom. The summed E-state index contributed by atoms with van der Waals surface area (Å²) in [7, 11) is 0. The predicted molar refractivity (Wildman–Crippen MR) is 109 cm³/mol. The third-order valence-corrected chi connectivity index (χ3v) is 6.04. The van der Waals surface area contributed by atoms with Gasteiger partial charge in [-0.2, -0.15) is 5.10 Å². The smallest absolute Gasteiger partial charge is 0.107 e. The highest BCUT2D eigenvalue weighted by atomic mass is 32.1. The van der Waals surface area contributed by atoms with Crippen LogP contribution >= 0.6 is 11.3 Å². The second-order valence-corrected chi connectivity index (χ2v) is 7.76. The van der Waals surface area contributed by atoms with Crippen molar-refractivity contribution in [2.24, 2.45) is 0 Å². The first kappa shape index (κ1) is 17.5. The molecule has 0 aliphatic carbocycles. The van der Waals surface area contributed by atoms with E-state index in [0.717, 1.165) is 31.0 Å². The monoisotopic (exact) mass is 366 g/mol. The zero-order chi connectivity index (χ0) is 17.8. The van der Waals surface area contributed by atoms with E-state index in [0.29, 0.717) is 6.04 Å².